The summed E-state index contributed by atoms with van der Waals surface area (Å²) in [5.74, 6) is -2.28. The minimum absolute atomic E-state index is 1.07. The molecule has 0 aromatic heterocycles. The van der Waals surface area contributed by atoms with Gasteiger partial charge in [-0.1, -0.05) is 0 Å². The van der Waals surface area contributed by atoms with Crippen LogP contribution in [0.4, 0.5) is 4.39 Å². The van der Waals surface area contributed by atoms with Crippen LogP contribution in [0.1, 0.15) is 0 Å². The maximum Gasteiger partial charge on any atom is 0.311 e. The average Bonchev–Trinajstić information content (AvgIpc) is 1.67. The Balaban J connectivity index is 3.49. The van der Waals surface area contributed by atoms with E-state index in [1.807, 2.05) is 0 Å². The molecular formula is C3H5FN2O2. The van der Waals surface area contributed by atoms with Crippen molar-refractivity contribution in [3.05, 3.63) is 0 Å². The molecule has 0 unspecified atom stereocenters. The zero-order valence-electron chi connectivity index (χ0n) is 3.98. The van der Waals surface area contributed by atoms with Crippen LogP contribution >= 0.6 is 0 Å². The molecule has 0 bridgehead atoms. The molecule has 4 nitrogen and oxygen atoms in total. The van der Waals surface area contributed by atoms with Crippen molar-refractivity contribution in [1.29, 1.82) is 0 Å². The van der Waals surface area contributed by atoms with Crippen LogP contribution in [0.2, 0.25) is 0 Å². The molecule has 0 saturated heterocycles. The minimum Gasteiger partial charge on any atom is -0.361 e. The van der Waals surface area contributed by atoms with Crippen molar-refractivity contribution in [1.82, 2.24) is 5.32 Å². The Labute approximate surface area is 44.8 Å². The molecule has 0 saturated carbocycles. The third-order valence-electron chi connectivity index (χ3n) is 0.451. The van der Waals surface area contributed by atoms with Gasteiger partial charge in [-0.05, 0) is 0 Å². The lowest BCUT2D eigenvalue weighted by Crippen LogP contribution is -2.35. The highest BCUT2D eigenvalue weighted by Gasteiger charge is 2.04. The second-order valence-corrected chi connectivity index (χ2v) is 1.00. The third-order valence-corrected chi connectivity index (χ3v) is 0.451. The zero-order chi connectivity index (χ0) is 6.57. The SMILES string of the molecule is NC(=O)C(=O)NCF. The van der Waals surface area contributed by atoms with E-state index in [1.165, 1.54) is 0 Å². The maximum atomic E-state index is 11.1. The van der Waals surface area contributed by atoms with Gasteiger partial charge in [0.05, 0.1) is 0 Å². The summed E-state index contributed by atoms with van der Waals surface area (Å²) in [6.45, 7) is -1.07. The van der Waals surface area contributed by atoms with Crippen molar-refractivity contribution in [3.8, 4) is 0 Å². The fraction of sp³-hybridized carbons (Fsp3) is 0.333. The first-order chi connectivity index (χ1) is 3.68. The van der Waals surface area contributed by atoms with Crippen molar-refractivity contribution in [2.45, 2.75) is 0 Å². The standard InChI is InChI=1S/C3H5FN2O2/c4-1-6-3(8)2(5)7/h1H2,(H2,5,7)(H,6,8). The van der Waals surface area contributed by atoms with E-state index in [-0.39, 0.29) is 0 Å². The van der Waals surface area contributed by atoms with E-state index in [9.17, 15) is 14.0 Å². The molecule has 0 rings (SSSR count). The van der Waals surface area contributed by atoms with Gasteiger partial charge in [-0.2, -0.15) is 0 Å². The molecule has 3 N–H and O–H groups in total. The number of hydrogen-bond donors (Lipinski definition) is 2. The predicted molar refractivity (Wildman–Crippen MR) is 23.3 cm³/mol. The van der Waals surface area contributed by atoms with E-state index in [0.717, 1.165) is 0 Å². The Morgan fingerprint density at radius 1 is 1.62 bits per heavy atom. The predicted octanol–water partition coefficient (Wildman–Crippen LogP) is -1.49. The number of nitrogens with one attached hydrogen (secondary N) is 1. The van der Waals surface area contributed by atoms with Gasteiger partial charge in [0.2, 0.25) is 0 Å². The van der Waals surface area contributed by atoms with E-state index >= 15 is 0 Å². The lowest BCUT2D eigenvalue weighted by atomic mass is 10.6. The van der Waals surface area contributed by atoms with Crippen molar-refractivity contribution < 1.29 is 14.0 Å². The fourth-order valence-corrected chi connectivity index (χ4v) is 0.148. The largest absolute Gasteiger partial charge is 0.361 e. The number of carbonyl (C=O) groups excluding carboxylic acids is 2. The van der Waals surface area contributed by atoms with E-state index in [2.05, 4.69) is 5.73 Å². The summed E-state index contributed by atoms with van der Waals surface area (Å²) in [5, 5.41) is 1.56. The van der Waals surface area contributed by atoms with E-state index in [0.29, 0.717) is 0 Å². The van der Waals surface area contributed by atoms with E-state index in [1.54, 1.807) is 5.32 Å². The Kier molecular flexibility index (Phi) is 2.53. The molecule has 0 fully saturated rings. The molecular weight excluding hydrogens is 115 g/mol. The quantitative estimate of drug-likeness (QED) is 0.327. The van der Waals surface area contributed by atoms with Crippen LogP contribution in [0.3, 0.4) is 0 Å². The van der Waals surface area contributed by atoms with Gasteiger partial charge < -0.3 is 11.1 Å². The highest BCUT2D eigenvalue weighted by molar-refractivity contribution is 6.34. The lowest BCUT2D eigenvalue weighted by Gasteiger charge is -1.90. The van der Waals surface area contributed by atoms with Crippen LogP contribution in [-0.2, 0) is 9.59 Å². The number of nitrogens with two attached hydrogens (primary N) is 1. The van der Waals surface area contributed by atoms with Crippen LogP contribution in [0.5, 0.6) is 0 Å². The molecule has 0 aromatic rings. The molecule has 0 aliphatic rings. The highest BCUT2D eigenvalue weighted by atomic mass is 19.1. The molecule has 2 amide bonds. The molecule has 0 aliphatic carbocycles. The first-order valence-electron chi connectivity index (χ1n) is 1.82. The van der Waals surface area contributed by atoms with Crippen LogP contribution in [0.25, 0.3) is 0 Å². The maximum absolute atomic E-state index is 11.1. The fourth-order valence-electron chi connectivity index (χ4n) is 0.148. The molecule has 0 aliphatic heterocycles. The minimum atomic E-state index is -1.18. The lowest BCUT2D eigenvalue weighted by molar-refractivity contribution is -0.137. The normalized spacial score (nSPS) is 8.12. The van der Waals surface area contributed by atoms with Crippen molar-refractivity contribution in [2.24, 2.45) is 5.73 Å². The molecule has 5 heteroatoms. The molecule has 8 heavy (non-hydrogen) atoms. The van der Waals surface area contributed by atoms with Gasteiger partial charge >= 0.3 is 11.8 Å². The van der Waals surface area contributed by atoms with Gasteiger partial charge in [-0.15, -0.1) is 0 Å². The summed E-state index contributed by atoms with van der Waals surface area (Å²) in [6.07, 6.45) is 0. The summed E-state index contributed by atoms with van der Waals surface area (Å²) in [4.78, 5) is 19.6. The van der Waals surface area contributed by atoms with Gasteiger partial charge in [-0.25, -0.2) is 4.39 Å². The number of rotatable bonds is 1. The number of halogens is 1. The molecule has 0 radical (unpaired) electrons. The van der Waals surface area contributed by atoms with Crippen LogP contribution < -0.4 is 11.1 Å². The number of primary amides is 1. The molecule has 0 spiro atoms. The van der Waals surface area contributed by atoms with Crippen LogP contribution in [0.15, 0.2) is 0 Å². The van der Waals surface area contributed by atoms with Crippen LogP contribution in [-0.4, -0.2) is 18.6 Å². The Hall–Kier alpha value is -1.13. The van der Waals surface area contributed by atoms with Gasteiger partial charge in [0, 0.05) is 0 Å². The third kappa shape index (κ3) is 2.12. The van der Waals surface area contributed by atoms with E-state index in [4.69, 9.17) is 0 Å². The Morgan fingerprint density at radius 3 is 2.25 bits per heavy atom. The van der Waals surface area contributed by atoms with Crippen molar-refractivity contribution >= 4 is 11.8 Å². The number of carbonyl (C=O) groups is 2. The first-order valence-corrected chi connectivity index (χ1v) is 1.82. The summed E-state index contributed by atoms with van der Waals surface area (Å²) in [5.41, 5.74) is 4.40. The second-order valence-electron chi connectivity index (χ2n) is 1.00. The number of amides is 2. The summed E-state index contributed by atoms with van der Waals surface area (Å²) < 4.78 is 11.1. The molecule has 0 aromatic carbocycles. The Morgan fingerprint density at radius 2 is 2.12 bits per heavy atom. The number of alkyl halides is 1. The van der Waals surface area contributed by atoms with Crippen molar-refractivity contribution in [3.63, 3.8) is 0 Å². The van der Waals surface area contributed by atoms with Gasteiger partial charge in [-0.3, -0.25) is 9.59 Å². The van der Waals surface area contributed by atoms with Gasteiger partial charge in [0.1, 0.15) is 0 Å². The summed E-state index contributed by atoms with van der Waals surface area (Å²) in [6, 6.07) is 0. The number of hydrogen-bond acceptors (Lipinski definition) is 2. The molecule has 0 heterocycles. The van der Waals surface area contributed by atoms with Gasteiger partial charge in [0.25, 0.3) is 0 Å². The topological polar surface area (TPSA) is 72.2 Å². The first kappa shape index (κ1) is 6.87. The monoisotopic (exact) mass is 120 g/mol. The smallest absolute Gasteiger partial charge is 0.311 e. The van der Waals surface area contributed by atoms with Crippen LogP contribution in [0, 0.1) is 0 Å². The molecule has 0 atom stereocenters. The Bertz CT molecular complexity index is 114. The summed E-state index contributed by atoms with van der Waals surface area (Å²) in [7, 11) is 0. The molecule has 46 valence electrons. The average molecular weight is 120 g/mol. The highest BCUT2D eigenvalue weighted by Crippen LogP contribution is 1.61. The zero-order valence-corrected chi connectivity index (χ0v) is 3.98. The van der Waals surface area contributed by atoms with E-state index < -0.39 is 18.6 Å². The van der Waals surface area contributed by atoms with Gasteiger partial charge in [0.15, 0.2) is 6.80 Å². The van der Waals surface area contributed by atoms with Crippen molar-refractivity contribution in [2.75, 3.05) is 6.80 Å². The second kappa shape index (κ2) is 2.95. The summed E-state index contributed by atoms with van der Waals surface area (Å²) >= 11 is 0.